The van der Waals surface area contributed by atoms with Crippen LogP contribution in [0.3, 0.4) is 0 Å². The minimum atomic E-state index is -2.40. The zero-order valence-corrected chi connectivity index (χ0v) is 6.76. The Morgan fingerprint density at radius 1 is 1.22 bits per heavy atom. The molecule has 0 heterocycles. The van der Waals surface area contributed by atoms with Gasteiger partial charge in [0.1, 0.15) is 0 Å². The van der Waals surface area contributed by atoms with Gasteiger partial charge in [-0.3, -0.25) is 0 Å². The van der Waals surface area contributed by atoms with E-state index in [-0.39, 0.29) is 5.54 Å². The van der Waals surface area contributed by atoms with Gasteiger partial charge in [0.05, 0.1) is 0 Å². The summed E-state index contributed by atoms with van der Waals surface area (Å²) in [6, 6.07) is 0. The Labute approximate surface area is 56.3 Å². The summed E-state index contributed by atoms with van der Waals surface area (Å²) in [5, 5.41) is 0. The van der Waals surface area contributed by atoms with Gasteiger partial charge in [-0.25, -0.2) is 0 Å². The molecule has 0 saturated heterocycles. The molecule has 0 nitrogen and oxygen atoms in total. The van der Waals surface area contributed by atoms with Gasteiger partial charge >= 0.3 is 0 Å². The van der Waals surface area contributed by atoms with Gasteiger partial charge in [-0.15, -0.1) is 0 Å². The Morgan fingerprint density at radius 2 is 1.67 bits per heavy atom. The van der Waals surface area contributed by atoms with Crippen LogP contribution in [0.2, 0.25) is 18.6 Å². The first-order valence-electron chi connectivity index (χ1n) is 3.14. The second-order valence-electron chi connectivity index (χ2n) is 2.86. The van der Waals surface area contributed by atoms with E-state index >= 15 is 0 Å². The maximum Gasteiger partial charge on any atom is 0.251 e. The molecule has 0 spiro atoms. The Hall–Kier alpha value is -0.373. The first-order valence-corrected chi connectivity index (χ1v) is 6.10. The average molecular weight is 142 g/mol. The Kier molecular flexibility index (Phi) is 1.57. The van der Waals surface area contributed by atoms with Crippen LogP contribution in [0.5, 0.6) is 0 Å². The van der Waals surface area contributed by atoms with Crippen molar-refractivity contribution in [1.82, 2.24) is 0 Å². The molecule has 0 fully saturated rings. The number of rotatable bonds is 1. The largest absolute Gasteiger partial charge is 0.313 e. The molecule has 0 saturated carbocycles. The maximum absolute atomic E-state index is 13.1. The van der Waals surface area contributed by atoms with Crippen LogP contribution >= 0.6 is 0 Å². The third kappa shape index (κ3) is 1.51. The van der Waals surface area contributed by atoms with Crippen LogP contribution < -0.4 is 0 Å². The normalized spacial score (nSPS) is 19.4. The number of allylic oxidation sites excluding steroid dienone is 4. The molecule has 0 bridgehead atoms. The molecule has 1 aliphatic carbocycles. The highest BCUT2D eigenvalue weighted by Crippen LogP contribution is 2.28. The zero-order chi connectivity index (χ0) is 6.91. The fourth-order valence-electron chi connectivity index (χ4n) is 0.890. The third-order valence-corrected chi connectivity index (χ3v) is 3.51. The Morgan fingerprint density at radius 3 is 1.89 bits per heavy atom. The van der Waals surface area contributed by atoms with Crippen LogP contribution in [0, 0.1) is 0 Å². The van der Waals surface area contributed by atoms with Gasteiger partial charge in [-0.05, 0) is 13.1 Å². The number of hydrogen-bond donors (Lipinski definition) is 0. The van der Waals surface area contributed by atoms with Gasteiger partial charge in [-0.2, -0.15) is 0 Å². The standard InChI is InChI=1S/C7H11FSi/c1-9(2,8)7-5-3-4-6-7/h3-7H,1-2H3. The van der Waals surface area contributed by atoms with Crippen LogP contribution in [0.4, 0.5) is 4.11 Å². The van der Waals surface area contributed by atoms with Gasteiger partial charge in [0, 0.05) is 5.54 Å². The molecule has 1 aliphatic rings. The predicted octanol–water partition coefficient (Wildman–Crippen LogP) is 2.66. The lowest BCUT2D eigenvalue weighted by molar-refractivity contribution is 0.781. The highest BCUT2D eigenvalue weighted by molar-refractivity contribution is 6.73. The average Bonchev–Trinajstić information content (AvgIpc) is 2.08. The molecule has 9 heavy (non-hydrogen) atoms. The fourth-order valence-corrected chi connectivity index (χ4v) is 2.03. The van der Waals surface area contributed by atoms with Crippen molar-refractivity contribution in [2.75, 3.05) is 0 Å². The van der Waals surface area contributed by atoms with E-state index in [9.17, 15) is 4.11 Å². The molecule has 1 rings (SSSR count). The predicted molar refractivity (Wildman–Crippen MR) is 40.6 cm³/mol. The second-order valence-corrected chi connectivity index (χ2v) is 6.66. The minimum absolute atomic E-state index is 0.123. The lowest BCUT2D eigenvalue weighted by Gasteiger charge is -2.14. The van der Waals surface area contributed by atoms with Crippen LogP contribution in [0.1, 0.15) is 0 Å². The minimum Gasteiger partial charge on any atom is -0.313 e. The summed E-state index contributed by atoms with van der Waals surface area (Å²) < 4.78 is 13.1. The van der Waals surface area contributed by atoms with E-state index in [1.54, 1.807) is 13.1 Å². The summed E-state index contributed by atoms with van der Waals surface area (Å²) >= 11 is 0. The van der Waals surface area contributed by atoms with Crippen LogP contribution in [-0.2, 0) is 0 Å². The lowest BCUT2D eigenvalue weighted by atomic mass is 10.5. The van der Waals surface area contributed by atoms with Crippen molar-refractivity contribution in [1.29, 1.82) is 0 Å². The van der Waals surface area contributed by atoms with Crippen molar-refractivity contribution in [2.24, 2.45) is 0 Å². The second kappa shape index (κ2) is 2.10. The lowest BCUT2D eigenvalue weighted by Crippen LogP contribution is -2.22. The Balaban J connectivity index is 2.64. The van der Waals surface area contributed by atoms with Gasteiger partial charge in [0.15, 0.2) is 0 Å². The summed E-state index contributed by atoms with van der Waals surface area (Å²) in [6.07, 6.45) is 7.70. The van der Waals surface area contributed by atoms with Crippen LogP contribution in [-0.4, -0.2) is 8.41 Å². The summed E-state index contributed by atoms with van der Waals surface area (Å²) in [5.41, 5.74) is 0.123. The molecular weight excluding hydrogens is 131 g/mol. The fraction of sp³-hybridized carbons (Fsp3) is 0.429. The van der Waals surface area contributed by atoms with E-state index in [1.165, 1.54) is 0 Å². The topological polar surface area (TPSA) is 0 Å². The summed E-state index contributed by atoms with van der Waals surface area (Å²) in [5.74, 6) is 0. The van der Waals surface area contributed by atoms with E-state index in [2.05, 4.69) is 0 Å². The summed E-state index contributed by atoms with van der Waals surface area (Å²) in [7, 11) is -2.40. The van der Waals surface area contributed by atoms with Gasteiger partial charge in [0.2, 0.25) is 0 Å². The number of halogens is 1. The van der Waals surface area contributed by atoms with Crippen LogP contribution in [0.15, 0.2) is 24.3 Å². The molecule has 0 amide bonds. The van der Waals surface area contributed by atoms with E-state index in [4.69, 9.17) is 0 Å². The first kappa shape index (κ1) is 6.74. The van der Waals surface area contributed by atoms with Crippen molar-refractivity contribution >= 4 is 8.41 Å². The zero-order valence-electron chi connectivity index (χ0n) is 5.76. The molecular formula is C7H11FSi. The monoisotopic (exact) mass is 142 g/mol. The van der Waals surface area contributed by atoms with Crippen molar-refractivity contribution in [3.63, 3.8) is 0 Å². The molecule has 0 unspecified atom stereocenters. The molecule has 0 radical (unpaired) electrons. The molecule has 0 aromatic heterocycles. The van der Waals surface area contributed by atoms with E-state index in [1.807, 2.05) is 24.3 Å². The van der Waals surface area contributed by atoms with Crippen molar-refractivity contribution in [2.45, 2.75) is 18.6 Å². The molecule has 0 aromatic rings. The molecule has 2 heteroatoms. The highest BCUT2D eigenvalue weighted by Gasteiger charge is 2.29. The number of hydrogen-bond acceptors (Lipinski definition) is 0. The first-order chi connectivity index (χ1) is 4.11. The van der Waals surface area contributed by atoms with E-state index < -0.39 is 8.41 Å². The molecule has 0 aliphatic heterocycles. The summed E-state index contributed by atoms with van der Waals surface area (Å²) in [4.78, 5) is 0. The van der Waals surface area contributed by atoms with Gasteiger partial charge < -0.3 is 4.11 Å². The van der Waals surface area contributed by atoms with Gasteiger partial charge in [0.25, 0.3) is 8.41 Å². The van der Waals surface area contributed by atoms with Crippen molar-refractivity contribution in [3.05, 3.63) is 24.3 Å². The molecule has 0 atom stereocenters. The maximum atomic E-state index is 13.1. The SMILES string of the molecule is C[Si](C)(F)C1C=CC=C1. The molecule has 50 valence electrons. The van der Waals surface area contributed by atoms with Crippen molar-refractivity contribution < 1.29 is 4.11 Å². The highest BCUT2D eigenvalue weighted by atomic mass is 28.4. The van der Waals surface area contributed by atoms with E-state index in [0.29, 0.717) is 0 Å². The smallest absolute Gasteiger partial charge is 0.251 e. The third-order valence-electron chi connectivity index (χ3n) is 1.54. The van der Waals surface area contributed by atoms with Crippen LogP contribution in [0.25, 0.3) is 0 Å². The van der Waals surface area contributed by atoms with Gasteiger partial charge in [-0.1, -0.05) is 24.3 Å². The van der Waals surface area contributed by atoms with E-state index in [0.717, 1.165) is 0 Å². The van der Waals surface area contributed by atoms with Crippen molar-refractivity contribution in [3.8, 4) is 0 Å². The quantitative estimate of drug-likeness (QED) is 0.390. The Bertz CT molecular complexity index is 141. The summed E-state index contributed by atoms with van der Waals surface area (Å²) in [6.45, 7) is 3.47. The molecule has 0 N–H and O–H groups in total. The molecule has 0 aromatic carbocycles.